The molecule has 0 spiro atoms. The Morgan fingerprint density at radius 2 is 1.95 bits per heavy atom. The molecule has 3 heterocycles. The normalized spacial score (nSPS) is 11.3. The van der Waals surface area contributed by atoms with E-state index in [1.54, 1.807) is 10.9 Å². The summed E-state index contributed by atoms with van der Waals surface area (Å²) in [5.41, 5.74) is 3.22. The SMILES string of the molecule is Cc1nn(Cc2ccccn2)c2[nH]c3ccccc3c(=O)c12. The largest absolute Gasteiger partial charge is 0.339 e. The van der Waals surface area contributed by atoms with Crippen LogP contribution in [-0.2, 0) is 6.54 Å². The van der Waals surface area contributed by atoms with Crippen LogP contribution in [0.25, 0.3) is 21.9 Å². The molecule has 0 amide bonds. The Labute approximate surface area is 126 Å². The number of hydrogen-bond donors (Lipinski definition) is 1. The Bertz CT molecular complexity index is 1030. The van der Waals surface area contributed by atoms with Crippen molar-refractivity contribution in [3.05, 3.63) is 70.3 Å². The number of benzene rings is 1. The molecule has 0 saturated heterocycles. The van der Waals surface area contributed by atoms with E-state index in [4.69, 9.17) is 0 Å². The summed E-state index contributed by atoms with van der Waals surface area (Å²) in [4.78, 5) is 20.3. The molecule has 0 atom stereocenters. The van der Waals surface area contributed by atoms with Crippen LogP contribution in [0.15, 0.2) is 53.5 Å². The first-order chi connectivity index (χ1) is 10.7. The number of aryl methyl sites for hydroxylation is 1. The van der Waals surface area contributed by atoms with E-state index >= 15 is 0 Å². The monoisotopic (exact) mass is 290 g/mol. The molecule has 0 fully saturated rings. The first-order valence-electron chi connectivity index (χ1n) is 7.12. The molecule has 4 aromatic rings. The minimum absolute atomic E-state index is 0.0223. The maximum Gasteiger partial charge on any atom is 0.200 e. The zero-order chi connectivity index (χ0) is 15.1. The van der Waals surface area contributed by atoms with E-state index in [0.717, 1.165) is 22.6 Å². The molecule has 0 unspecified atom stereocenters. The second kappa shape index (κ2) is 4.80. The van der Waals surface area contributed by atoms with Gasteiger partial charge in [0.1, 0.15) is 5.65 Å². The lowest BCUT2D eigenvalue weighted by atomic mass is 10.1. The van der Waals surface area contributed by atoms with Crippen molar-refractivity contribution in [2.45, 2.75) is 13.5 Å². The molecule has 0 radical (unpaired) electrons. The fraction of sp³-hybridized carbons (Fsp3) is 0.118. The number of hydrogen-bond acceptors (Lipinski definition) is 3. The lowest BCUT2D eigenvalue weighted by molar-refractivity contribution is 0.682. The van der Waals surface area contributed by atoms with Gasteiger partial charge in [0, 0.05) is 11.6 Å². The van der Waals surface area contributed by atoms with E-state index < -0.39 is 0 Å². The highest BCUT2D eigenvalue weighted by Gasteiger charge is 2.14. The maximum atomic E-state index is 12.7. The van der Waals surface area contributed by atoms with Crippen molar-refractivity contribution in [2.24, 2.45) is 0 Å². The van der Waals surface area contributed by atoms with Crippen LogP contribution in [0, 0.1) is 6.92 Å². The molecule has 5 nitrogen and oxygen atoms in total. The van der Waals surface area contributed by atoms with Crippen LogP contribution in [0.4, 0.5) is 0 Å². The van der Waals surface area contributed by atoms with Gasteiger partial charge in [-0.3, -0.25) is 9.78 Å². The number of para-hydroxylation sites is 1. The summed E-state index contributed by atoms with van der Waals surface area (Å²) >= 11 is 0. The topological polar surface area (TPSA) is 63.6 Å². The van der Waals surface area contributed by atoms with Gasteiger partial charge in [-0.05, 0) is 31.2 Å². The zero-order valence-corrected chi connectivity index (χ0v) is 12.1. The van der Waals surface area contributed by atoms with Gasteiger partial charge >= 0.3 is 0 Å². The number of fused-ring (bicyclic) bond motifs is 2. The molecule has 0 bridgehead atoms. The van der Waals surface area contributed by atoms with Crippen molar-refractivity contribution >= 4 is 21.9 Å². The van der Waals surface area contributed by atoms with Crippen molar-refractivity contribution in [3.8, 4) is 0 Å². The van der Waals surface area contributed by atoms with Crippen molar-refractivity contribution in [1.29, 1.82) is 0 Å². The van der Waals surface area contributed by atoms with Crippen LogP contribution >= 0.6 is 0 Å². The van der Waals surface area contributed by atoms with E-state index in [0.29, 0.717) is 17.3 Å². The van der Waals surface area contributed by atoms with Crippen LogP contribution in [0.3, 0.4) is 0 Å². The highest BCUT2D eigenvalue weighted by molar-refractivity contribution is 5.92. The number of pyridine rings is 2. The molecule has 1 aromatic carbocycles. The van der Waals surface area contributed by atoms with E-state index in [2.05, 4.69) is 15.1 Å². The summed E-state index contributed by atoms with van der Waals surface area (Å²) < 4.78 is 1.81. The molecule has 22 heavy (non-hydrogen) atoms. The number of aromatic nitrogens is 4. The molecule has 0 saturated carbocycles. The summed E-state index contributed by atoms with van der Waals surface area (Å²) in [5, 5.41) is 5.85. The average molecular weight is 290 g/mol. The van der Waals surface area contributed by atoms with Crippen molar-refractivity contribution in [3.63, 3.8) is 0 Å². The van der Waals surface area contributed by atoms with Crippen molar-refractivity contribution in [1.82, 2.24) is 19.7 Å². The van der Waals surface area contributed by atoms with Crippen molar-refractivity contribution in [2.75, 3.05) is 0 Å². The summed E-state index contributed by atoms with van der Waals surface area (Å²) in [6.45, 7) is 2.39. The van der Waals surface area contributed by atoms with Crippen LogP contribution in [0.1, 0.15) is 11.4 Å². The Kier molecular flexibility index (Phi) is 2.79. The van der Waals surface area contributed by atoms with Gasteiger partial charge in [0.05, 0.1) is 28.8 Å². The van der Waals surface area contributed by atoms with Gasteiger partial charge in [-0.15, -0.1) is 0 Å². The number of rotatable bonds is 2. The Hall–Kier alpha value is -2.95. The number of H-pyrrole nitrogens is 1. The summed E-state index contributed by atoms with van der Waals surface area (Å²) in [5.74, 6) is 0. The molecule has 108 valence electrons. The van der Waals surface area contributed by atoms with Crippen LogP contribution in [-0.4, -0.2) is 19.7 Å². The standard InChI is InChI=1S/C17H14N4O/c1-11-15-16(22)13-7-2-3-8-14(13)19-17(15)21(20-11)10-12-6-4-5-9-18-12/h2-9H,10H2,1H3,(H,19,22). The second-order valence-electron chi connectivity index (χ2n) is 5.29. The van der Waals surface area contributed by atoms with E-state index in [1.165, 1.54) is 0 Å². The number of nitrogens with one attached hydrogen (secondary N) is 1. The lowest BCUT2D eigenvalue weighted by Crippen LogP contribution is -2.07. The summed E-state index contributed by atoms with van der Waals surface area (Å²) in [6.07, 6.45) is 1.76. The van der Waals surface area contributed by atoms with Crippen LogP contribution in [0.5, 0.6) is 0 Å². The van der Waals surface area contributed by atoms with Gasteiger partial charge in [0.2, 0.25) is 5.43 Å². The fourth-order valence-corrected chi connectivity index (χ4v) is 2.79. The Morgan fingerprint density at radius 3 is 2.77 bits per heavy atom. The maximum absolute atomic E-state index is 12.7. The minimum atomic E-state index is 0.0223. The summed E-state index contributed by atoms with van der Waals surface area (Å²) in [6, 6.07) is 13.3. The van der Waals surface area contributed by atoms with Gasteiger partial charge in [0.25, 0.3) is 0 Å². The Balaban J connectivity index is 1.99. The minimum Gasteiger partial charge on any atom is -0.339 e. The van der Waals surface area contributed by atoms with Gasteiger partial charge in [-0.1, -0.05) is 18.2 Å². The fourth-order valence-electron chi connectivity index (χ4n) is 2.79. The second-order valence-corrected chi connectivity index (χ2v) is 5.29. The molecule has 0 aliphatic carbocycles. The van der Waals surface area contributed by atoms with Crippen LogP contribution in [0.2, 0.25) is 0 Å². The highest BCUT2D eigenvalue weighted by atomic mass is 16.1. The molecular formula is C17H14N4O. The molecule has 0 aliphatic rings. The smallest absolute Gasteiger partial charge is 0.200 e. The zero-order valence-electron chi connectivity index (χ0n) is 12.1. The third-order valence-corrected chi connectivity index (χ3v) is 3.82. The van der Waals surface area contributed by atoms with Crippen LogP contribution < -0.4 is 5.43 Å². The molecule has 0 aliphatic heterocycles. The molecule has 3 aromatic heterocycles. The molecular weight excluding hydrogens is 276 g/mol. The molecule has 4 rings (SSSR count). The average Bonchev–Trinajstić information content (AvgIpc) is 2.85. The quantitative estimate of drug-likeness (QED) is 0.617. The predicted octanol–water partition coefficient (Wildman–Crippen LogP) is 2.63. The lowest BCUT2D eigenvalue weighted by Gasteiger charge is -2.04. The number of nitrogens with zero attached hydrogens (tertiary/aromatic N) is 3. The number of aromatic amines is 1. The highest BCUT2D eigenvalue weighted by Crippen LogP contribution is 2.18. The third kappa shape index (κ3) is 1.90. The predicted molar refractivity (Wildman–Crippen MR) is 85.9 cm³/mol. The van der Waals surface area contributed by atoms with Gasteiger partial charge < -0.3 is 4.98 Å². The van der Waals surface area contributed by atoms with Gasteiger partial charge in [-0.25, -0.2) is 4.68 Å². The van der Waals surface area contributed by atoms with Gasteiger partial charge in [-0.2, -0.15) is 5.10 Å². The van der Waals surface area contributed by atoms with Crippen molar-refractivity contribution < 1.29 is 0 Å². The summed E-state index contributed by atoms with van der Waals surface area (Å²) in [7, 11) is 0. The van der Waals surface area contributed by atoms with E-state index in [1.807, 2.05) is 49.4 Å². The molecule has 5 heteroatoms. The van der Waals surface area contributed by atoms with Gasteiger partial charge in [0.15, 0.2) is 0 Å². The third-order valence-electron chi connectivity index (χ3n) is 3.82. The first kappa shape index (κ1) is 12.8. The molecule has 1 N–H and O–H groups in total. The Morgan fingerprint density at radius 1 is 1.14 bits per heavy atom. The van der Waals surface area contributed by atoms with E-state index in [9.17, 15) is 4.79 Å². The van der Waals surface area contributed by atoms with E-state index in [-0.39, 0.29) is 5.43 Å². The first-order valence-corrected chi connectivity index (χ1v) is 7.12.